The van der Waals surface area contributed by atoms with Crippen LogP contribution in [-0.2, 0) is 0 Å². The summed E-state index contributed by atoms with van der Waals surface area (Å²) >= 11 is 5.53. The van der Waals surface area contributed by atoms with Crippen molar-refractivity contribution < 1.29 is 0 Å². The highest BCUT2D eigenvalue weighted by atomic mass is 127. The quantitative estimate of drug-likeness (QED) is 0.321. The Balaban J connectivity index is 1.95. The van der Waals surface area contributed by atoms with Crippen LogP contribution in [0.1, 0.15) is 0 Å². The molecule has 90 valence electrons. The van der Waals surface area contributed by atoms with E-state index in [1.165, 1.54) is 0 Å². The lowest BCUT2D eigenvalue weighted by atomic mass is 10.4. The molecule has 2 aromatic carbocycles. The molecule has 0 amide bonds. The molecule has 0 nitrogen and oxygen atoms in total. The first kappa shape index (κ1) is 13.3. The molecule has 0 N–H and O–H groups in total. The molecular formula is C12H8I2P4. The van der Waals surface area contributed by atoms with Gasteiger partial charge in [0.05, 0.1) is 0 Å². The van der Waals surface area contributed by atoms with Gasteiger partial charge in [-0.2, -0.15) is 0 Å². The van der Waals surface area contributed by atoms with Crippen molar-refractivity contribution in [1.29, 1.82) is 0 Å². The van der Waals surface area contributed by atoms with Crippen LogP contribution in [0.25, 0.3) is 0 Å². The van der Waals surface area contributed by atoms with E-state index in [1.54, 1.807) is 21.2 Å². The van der Waals surface area contributed by atoms with Crippen molar-refractivity contribution in [2.45, 2.75) is 0 Å². The molecule has 18 heavy (non-hydrogen) atoms. The highest BCUT2D eigenvalue weighted by Gasteiger charge is 2.49. The van der Waals surface area contributed by atoms with E-state index in [0.717, 1.165) is 0 Å². The molecule has 2 aliphatic heterocycles. The molecule has 4 rings (SSSR count). The summed E-state index contributed by atoms with van der Waals surface area (Å²) in [6.07, 6.45) is 0. The zero-order valence-corrected chi connectivity index (χ0v) is 17.1. The molecule has 0 aliphatic carbocycles. The molecule has 6 heteroatoms. The largest absolute Gasteiger partial charge is 0.0616 e. The smallest absolute Gasteiger partial charge is 0.0256 e. The molecule has 0 saturated carbocycles. The Hall–Kier alpha value is 1.62. The van der Waals surface area contributed by atoms with E-state index in [-0.39, 0.29) is 25.1 Å². The van der Waals surface area contributed by atoms with E-state index in [9.17, 15) is 0 Å². The number of rotatable bonds is 0. The molecule has 0 aromatic heterocycles. The Morgan fingerprint density at radius 2 is 0.889 bits per heavy atom. The zero-order valence-electron chi connectivity index (χ0n) is 9.16. The summed E-state index contributed by atoms with van der Waals surface area (Å²) in [5.74, 6) is 0. The van der Waals surface area contributed by atoms with E-state index < -0.39 is 0 Å². The summed E-state index contributed by atoms with van der Waals surface area (Å²) in [5, 5.41) is 6.94. The van der Waals surface area contributed by atoms with Gasteiger partial charge >= 0.3 is 0 Å². The van der Waals surface area contributed by atoms with Crippen LogP contribution in [0, 0.1) is 0 Å². The van der Waals surface area contributed by atoms with Crippen LogP contribution in [0.5, 0.6) is 0 Å². The molecule has 4 atom stereocenters. The maximum Gasteiger partial charge on any atom is 0.0256 e. The van der Waals surface area contributed by atoms with Crippen molar-refractivity contribution in [3.63, 3.8) is 0 Å². The lowest BCUT2D eigenvalue weighted by Gasteiger charge is -2.16. The van der Waals surface area contributed by atoms with Gasteiger partial charge in [0.1, 0.15) is 0 Å². The van der Waals surface area contributed by atoms with E-state index >= 15 is 0 Å². The van der Waals surface area contributed by atoms with E-state index in [0.29, 0.717) is 0 Å². The molecule has 0 saturated heterocycles. The number of benzene rings is 2. The molecular weight excluding hydrogens is 522 g/mol. The summed E-state index contributed by atoms with van der Waals surface area (Å²) in [6, 6.07) is 18.5. The highest BCUT2D eigenvalue weighted by molar-refractivity contribution is 14.2. The molecule has 2 aromatic rings. The van der Waals surface area contributed by atoms with Crippen molar-refractivity contribution in [1.82, 2.24) is 0 Å². The van der Waals surface area contributed by atoms with Crippen LogP contribution in [0.3, 0.4) is 0 Å². The Morgan fingerprint density at radius 3 is 1.28 bits per heavy atom. The molecule has 0 bridgehead atoms. The van der Waals surface area contributed by atoms with Gasteiger partial charge in [0.25, 0.3) is 0 Å². The second kappa shape index (κ2) is 5.11. The van der Waals surface area contributed by atoms with Gasteiger partial charge in [-0.25, -0.2) is 0 Å². The minimum atomic E-state index is 0.0406. The normalized spacial score (nSPS) is 31.9. The Morgan fingerprint density at radius 1 is 0.556 bits per heavy atom. The fraction of sp³-hybridized carbons (Fsp3) is 0. The summed E-state index contributed by atoms with van der Waals surface area (Å²) in [7, 11) is 0.203. The number of fused-ring (bicyclic) bond motifs is 5. The first-order valence-corrected chi connectivity index (χ1v) is 18.5. The number of hydrogen-bond donors (Lipinski definition) is 0. The average molecular weight is 530 g/mol. The summed E-state index contributed by atoms with van der Waals surface area (Å²) in [4.78, 5) is 0. The van der Waals surface area contributed by atoms with Crippen LogP contribution >= 0.6 is 69.2 Å². The first-order valence-electron chi connectivity index (χ1n) is 5.49. The van der Waals surface area contributed by atoms with Gasteiger partial charge in [0.15, 0.2) is 0 Å². The maximum atomic E-state index is 2.76. The Labute approximate surface area is 137 Å². The topological polar surface area (TPSA) is 0 Å². The second-order valence-corrected chi connectivity index (χ2v) is 27.7. The second-order valence-electron chi connectivity index (χ2n) is 4.08. The first-order chi connectivity index (χ1) is 8.79. The Kier molecular flexibility index (Phi) is 3.78. The fourth-order valence-corrected chi connectivity index (χ4v) is 53.0. The molecule has 0 fully saturated rings. The highest BCUT2D eigenvalue weighted by Crippen LogP contribution is 3.03. The van der Waals surface area contributed by atoms with Gasteiger partial charge < -0.3 is 0 Å². The minimum absolute atomic E-state index is 0.0406. The summed E-state index contributed by atoms with van der Waals surface area (Å²) < 4.78 is 0. The van der Waals surface area contributed by atoms with Crippen LogP contribution in [0.2, 0.25) is 0 Å². The third kappa shape index (κ3) is 1.83. The van der Waals surface area contributed by atoms with Gasteiger partial charge in [-0.3, -0.25) is 0 Å². The molecule has 2 aliphatic rings. The lowest BCUT2D eigenvalue weighted by molar-refractivity contribution is 1.83. The standard InChI is InChI=1S/C12H8I2P4/c13-15-9-5-1-3-7-11(9)17-16(14)10-6-2-4-8-12(10)18(15)17/h1-8H. The monoisotopic (exact) mass is 530 g/mol. The third-order valence-corrected chi connectivity index (χ3v) is 39.4. The van der Waals surface area contributed by atoms with E-state index in [1.807, 2.05) is 0 Å². The van der Waals surface area contributed by atoms with Crippen LogP contribution in [0.4, 0.5) is 0 Å². The van der Waals surface area contributed by atoms with E-state index in [2.05, 4.69) is 92.6 Å². The van der Waals surface area contributed by atoms with Gasteiger partial charge in [0, 0.05) is 25.1 Å². The molecule has 0 radical (unpaired) electrons. The van der Waals surface area contributed by atoms with Crippen molar-refractivity contribution >= 4 is 90.4 Å². The third-order valence-electron chi connectivity index (χ3n) is 3.10. The summed E-state index contributed by atoms with van der Waals surface area (Å²) in [5.41, 5.74) is 0. The Bertz CT molecular complexity index is 577. The minimum Gasteiger partial charge on any atom is -0.0616 e. The molecule has 0 spiro atoms. The zero-order chi connectivity index (χ0) is 12.3. The maximum absolute atomic E-state index is 2.76. The predicted octanol–water partition coefficient (Wildman–Crippen LogP) is 5.29. The fourth-order valence-electron chi connectivity index (χ4n) is 2.32. The van der Waals surface area contributed by atoms with Crippen LogP contribution in [0.15, 0.2) is 48.5 Å². The van der Waals surface area contributed by atoms with Crippen molar-refractivity contribution in [3.05, 3.63) is 48.5 Å². The van der Waals surface area contributed by atoms with Crippen molar-refractivity contribution in [2.24, 2.45) is 0 Å². The van der Waals surface area contributed by atoms with Gasteiger partial charge in [-0.05, 0) is 65.3 Å². The van der Waals surface area contributed by atoms with Crippen LogP contribution < -0.4 is 21.2 Å². The van der Waals surface area contributed by atoms with Gasteiger partial charge in [0.2, 0.25) is 0 Å². The van der Waals surface area contributed by atoms with Crippen LogP contribution in [-0.4, -0.2) is 0 Å². The molecule has 4 unspecified atom stereocenters. The molecule has 2 heterocycles. The SMILES string of the molecule is IP1c2ccccc2P2P(I)c3ccccc3P12. The van der Waals surface area contributed by atoms with Gasteiger partial charge in [-0.1, -0.05) is 48.5 Å². The predicted molar refractivity (Wildman–Crippen MR) is 107 cm³/mol. The summed E-state index contributed by atoms with van der Waals surface area (Å²) in [6.45, 7) is 0. The van der Waals surface area contributed by atoms with Gasteiger partial charge in [-0.15, -0.1) is 0 Å². The lowest BCUT2D eigenvalue weighted by Crippen LogP contribution is -2.16. The van der Waals surface area contributed by atoms with Crippen molar-refractivity contribution in [2.75, 3.05) is 0 Å². The number of halogens is 2. The van der Waals surface area contributed by atoms with E-state index in [4.69, 9.17) is 0 Å². The average Bonchev–Trinajstić information content (AvgIpc) is 2.87. The van der Waals surface area contributed by atoms with Crippen molar-refractivity contribution in [3.8, 4) is 0 Å². The number of hydrogen-bond acceptors (Lipinski definition) is 0.